The van der Waals surface area contributed by atoms with Gasteiger partial charge in [0.2, 0.25) is 5.91 Å². The second-order valence-corrected chi connectivity index (χ2v) is 5.88. The molecule has 1 atom stereocenters. The molecule has 1 heterocycles. The van der Waals surface area contributed by atoms with Crippen molar-refractivity contribution in [3.05, 3.63) is 16.1 Å². The first kappa shape index (κ1) is 16.6. The standard InChI is InChI=1S/C13H22N4O2S/c1-8(2)6-9(12(18)15-3)17-13(19)10-7-20-11(16-10)4-5-14/h7-9H,4-6,14H2,1-3H3,(H,15,18)(H,17,19). The number of nitrogens with zero attached hydrogens (tertiary/aromatic N) is 1. The van der Waals surface area contributed by atoms with E-state index >= 15 is 0 Å². The zero-order valence-electron chi connectivity index (χ0n) is 12.1. The molecule has 1 rings (SSSR count). The highest BCUT2D eigenvalue weighted by Crippen LogP contribution is 2.11. The van der Waals surface area contributed by atoms with Gasteiger partial charge in [0.25, 0.3) is 5.91 Å². The van der Waals surface area contributed by atoms with Crippen molar-refractivity contribution in [3.63, 3.8) is 0 Å². The molecule has 0 aliphatic heterocycles. The lowest BCUT2D eigenvalue weighted by molar-refractivity contribution is -0.122. The van der Waals surface area contributed by atoms with Crippen LogP contribution in [0.5, 0.6) is 0 Å². The zero-order chi connectivity index (χ0) is 15.1. The number of nitrogens with two attached hydrogens (primary N) is 1. The molecule has 0 radical (unpaired) electrons. The maximum Gasteiger partial charge on any atom is 0.271 e. The number of aromatic nitrogens is 1. The normalized spacial score (nSPS) is 12.2. The second kappa shape index (κ2) is 7.96. The third kappa shape index (κ3) is 4.90. The number of amides is 2. The van der Waals surface area contributed by atoms with Crippen LogP contribution in [0.3, 0.4) is 0 Å². The highest BCUT2D eigenvalue weighted by atomic mass is 32.1. The van der Waals surface area contributed by atoms with Crippen LogP contribution in [0.1, 0.15) is 35.8 Å². The molecule has 0 aliphatic carbocycles. The molecule has 0 aromatic carbocycles. The van der Waals surface area contributed by atoms with Gasteiger partial charge in [-0.2, -0.15) is 0 Å². The lowest BCUT2D eigenvalue weighted by atomic mass is 10.0. The molecule has 2 amide bonds. The maximum absolute atomic E-state index is 12.1. The van der Waals surface area contributed by atoms with Gasteiger partial charge in [0.15, 0.2) is 0 Å². The van der Waals surface area contributed by atoms with E-state index in [4.69, 9.17) is 5.73 Å². The molecule has 4 N–H and O–H groups in total. The van der Waals surface area contributed by atoms with Gasteiger partial charge in [-0.25, -0.2) is 4.98 Å². The molecule has 0 fully saturated rings. The molecule has 0 saturated carbocycles. The summed E-state index contributed by atoms with van der Waals surface area (Å²) in [5.41, 5.74) is 5.80. The number of likely N-dealkylation sites (N-methyl/N-ethyl adjacent to an activating group) is 1. The van der Waals surface area contributed by atoms with E-state index in [2.05, 4.69) is 15.6 Å². The highest BCUT2D eigenvalue weighted by Gasteiger charge is 2.22. The highest BCUT2D eigenvalue weighted by molar-refractivity contribution is 7.09. The van der Waals surface area contributed by atoms with Gasteiger partial charge in [-0.1, -0.05) is 13.8 Å². The van der Waals surface area contributed by atoms with E-state index in [1.807, 2.05) is 13.8 Å². The molecule has 1 unspecified atom stereocenters. The van der Waals surface area contributed by atoms with Gasteiger partial charge in [0, 0.05) is 18.8 Å². The minimum Gasteiger partial charge on any atom is -0.357 e. The largest absolute Gasteiger partial charge is 0.357 e. The lowest BCUT2D eigenvalue weighted by Gasteiger charge is -2.18. The van der Waals surface area contributed by atoms with E-state index in [-0.39, 0.29) is 11.8 Å². The predicted octanol–water partition coefficient (Wildman–Crippen LogP) is 0.535. The van der Waals surface area contributed by atoms with Gasteiger partial charge in [0.05, 0.1) is 5.01 Å². The summed E-state index contributed by atoms with van der Waals surface area (Å²) >= 11 is 1.41. The van der Waals surface area contributed by atoms with Crippen LogP contribution in [0.4, 0.5) is 0 Å². The van der Waals surface area contributed by atoms with E-state index in [9.17, 15) is 9.59 Å². The van der Waals surface area contributed by atoms with E-state index in [1.54, 1.807) is 12.4 Å². The third-order valence-electron chi connectivity index (χ3n) is 2.72. The summed E-state index contributed by atoms with van der Waals surface area (Å²) < 4.78 is 0. The van der Waals surface area contributed by atoms with Crippen molar-refractivity contribution in [3.8, 4) is 0 Å². The molecule has 0 aliphatic rings. The molecule has 6 nitrogen and oxygen atoms in total. The molecule has 0 bridgehead atoms. The zero-order valence-corrected chi connectivity index (χ0v) is 12.9. The van der Waals surface area contributed by atoms with E-state index in [0.29, 0.717) is 31.0 Å². The summed E-state index contributed by atoms with van der Waals surface area (Å²) in [5.74, 6) is -0.205. The SMILES string of the molecule is CNC(=O)C(CC(C)C)NC(=O)c1csc(CCN)n1. The van der Waals surface area contributed by atoms with Crippen LogP contribution in [0.15, 0.2) is 5.38 Å². The number of hydrogen-bond acceptors (Lipinski definition) is 5. The van der Waals surface area contributed by atoms with E-state index in [0.717, 1.165) is 5.01 Å². The molecular formula is C13H22N4O2S. The van der Waals surface area contributed by atoms with Gasteiger partial charge in [0.1, 0.15) is 11.7 Å². The molecule has 112 valence electrons. The Morgan fingerprint density at radius 2 is 2.15 bits per heavy atom. The number of rotatable bonds is 7. The average Bonchev–Trinajstić information content (AvgIpc) is 2.85. The lowest BCUT2D eigenvalue weighted by Crippen LogP contribution is -2.46. The van der Waals surface area contributed by atoms with Crippen LogP contribution in [-0.2, 0) is 11.2 Å². The van der Waals surface area contributed by atoms with Crippen molar-refractivity contribution in [1.82, 2.24) is 15.6 Å². The first-order valence-corrected chi connectivity index (χ1v) is 7.52. The van der Waals surface area contributed by atoms with Crippen molar-refractivity contribution < 1.29 is 9.59 Å². The minimum atomic E-state index is -0.535. The molecule has 1 aromatic rings. The number of nitrogens with one attached hydrogen (secondary N) is 2. The third-order valence-corrected chi connectivity index (χ3v) is 3.63. The van der Waals surface area contributed by atoms with Crippen molar-refractivity contribution in [2.24, 2.45) is 11.7 Å². The first-order valence-electron chi connectivity index (χ1n) is 6.64. The second-order valence-electron chi connectivity index (χ2n) is 4.94. The van der Waals surface area contributed by atoms with Crippen LogP contribution >= 0.6 is 11.3 Å². The van der Waals surface area contributed by atoms with Gasteiger partial charge in [-0.3, -0.25) is 9.59 Å². The number of hydrogen-bond donors (Lipinski definition) is 3. The predicted molar refractivity (Wildman–Crippen MR) is 79.6 cm³/mol. The van der Waals surface area contributed by atoms with Gasteiger partial charge >= 0.3 is 0 Å². The monoisotopic (exact) mass is 298 g/mol. The fraction of sp³-hybridized carbons (Fsp3) is 0.615. The summed E-state index contributed by atoms with van der Waals surface area (Å²) in [6.45, 7) is 4.51. The molecule has 1 aromatic heterocycles. The summed E-state index contributed by atoms with van der Waals surface area (Å²) in [5, 5.41) is 7.82. The van der Waals surface area contributed by atoms with Crippen molar-refractivity contribution >= 4 is 23.2 Å². The Morgan fingerprint density at radius 3 is 2.70 bits per heavy atom. The maximum atomic E-state index is 12.1. The first-order chi connectivity index (χ1) is 9.47. The Hall–Kier alpha value is -1.47. The van der Waals surface area contributed by atoms with Gasteiger partial charge in [-0.05, 0) is 18.9 Å². The Balaban J connectivity index is 2.71. The van der Waals surface area contributed by atoms with Crippen LogP contribution in [-0.4, -0.2) is 36.4 Å². The van der Waals surface area contributed by atoms with Crippen molar-refractivity contribution in [1.29, 1.82) is 0 Å². The average molecular weight is 298 g/mol. The quantitative estimate of drug-likeness (QED) is 0.684. The number of carbonyl (C=O) groups excluding carboxylic acids is 2. The Bertz CT molecular complexity index is 459. The smallest absolute Gasteiger partial charge is 0.271 e. The minimum absolute atomic E-state index is 0.190. The number of carbonyl (C=O) groups is 2. The summed E-state index contributed by atoms with van der Waals surface area (Å²) in [4.78, 5) is 28.1. The Morgan fingerprint density at radius 1 is 1.45 bits per heavy atom. The van der Waals surface area contributed by atoms with E-state index < -0.39 is 6.04 Å². The fourth-order valence-corrected chi connectivity index (χ4v) is 2.56. The van der Waals surface area contributed by atoms with Crippen LogP contribution < -0.4 is 16.4 Å². The number of thiazole rings is 1. The van der Waals surface area contributed by atoms with Crippen molar-refractivity contribution in [2.75, 3.05) is 13.6 Å². The summed E-state index contributed by atoms with van der Waals surface area (Å²) in [6, 6.07) is -0.535. The van der Waals surface area contributed by atoms with Gasteiger partial charge in [-0.15, -0.1) is 11.3 Å². The van der Waals surface area contributed by atoms with Gasteiger partial charge < -0.3 is 16.4 Å². The van der Waals surface area contributed by atoms with E-state index in [1.165, 1.54) is 11.3 Å². The Kier molecular flexibility index (Phi) is 6.60. The van der Waals surface area contributed by atoms with Crippen LogP contribution in [0.25, 0.3) is 0 Å². The summed E-state index contributed by atoms with van der Waals surface area (Å²) in [7, 11) is 1.56. The fourth-order valence-electron chi connectivity index (χ4n) is 1.76. The molecule has 7 heteroatoms. The van der Waals surface area contributed by atoms with Crippen LogP contribution in [0.2, 0.25) is 0 Å². The van der Waals surface area contributed by atoms with Crippen molar-refractivity contribution in [2.45, 2.75) is 32.7 Å². The topological polar surface area (TPSA) is 97.1 Å². The molecule has 0 spiro atoms. The Labute approximate surface area is 123 Å². The molecule has 0 saturated heterocycles. The summed E-state index contributed by atoms with van der Waals surface area (Å²) in [6.07, 6.45) is 1.24. The van der Waals surface area contributed by atoms with Crippen LogP contribution in [0, 0.1) is 5.92 Å². The molecule has 20 heavy (non-hydrogen) atoms. The molecular weight excluding hydrogens is 276 g/mol.